The van der Waals surface area contributed by atoms with Gasteiger partial charge >= 0.3 is 0 Å². The number of rotatable bonds is 10. The molecule has 1 saturated heterocycles. The topological polar surface area (TPSA) is 128 Å². The van der Waals surface area contributed by atoms with E-state index < -0.39 is 43.5 Å². The number of fused-ring (bicyclic) bond motifs is 3. The highest BCUT2D eigenvalue weighted by molar-refractivity contribution is 6.72. The van der Waals surface area contributed by atoms with Crippen LogP contribution in [0.2, 0.25) is 18.6 Å². The van der Waals surface area contributed by atoms with Crippen molar-refractivity contribution in [2.24, 2.45) is 5.92 Å². The van der Waals surface area contributed by atoms with Gasteiger partial charge in [-0.05, 0) is 90.8 Å². The van der Waals surface area contributed by atoms with Crippen LogP contribution in [-0.2, 0) is 39.4 Å². The normalized spacial score (nSPS) is 22.2. The Labute approximate surface area is 344 Å². The van der Waals surface area contributed by atoms with Crippen molar-refractivity contribution in [2.45, 2.75) is 69.2 Å². The highest BCUT2D eigenvalue weighted by atomic mass is 28.4. The monoisotopic (exact) mass is 810 g/mol. The predicted octanol–water partition coefficient (Wildman–Crippen LogP) is 7.85. The summed E-state index contributed by atoms with van der Waals surface area (Å²) in [7, 11) is -3.65. The molecule has 0 bridgehead atoms. The number of nitrogens with zero attached hydrogens (tertiary/aromatic N) is 2. The smallest absolute Gasteiger partial charge is 0.264 e. The number of hydrogen-bond acceptors (Lipinski definition) is 6. The number of aliphatic hydroxyl groups excluding tert-OH is 1. The van der Waals surface area contributed by atoms with Crippen LogP contribution in [0, 0.1) is 5.92 Å². The SMILES string of the molecule is C[C@H]1[C@H]([Si](C)(C)F)[C@@H](CC(=O)N2Cc3ccccc3C[C@H]2CO)O[C@]12C(=O)N(Cc1cccc(NC(=O)c3ccccc3)c1)c1ccc(NC(=O)c3ccccc3)cc12. The van der Waals surface area contributed by atoms with Crippen LogP contribution in [-0.4, -0.2) is 60.8 Å². The molecule has 3 aliphatic rings. The summed E-state index contributed by atoms with van der Waals surface area (Å²) in [6.07, 6.45) is -0.630. The fourth-order valence-electron chi connectivity index (χ4n) is 9.33. The molecule has 3 heterocycles. The van der Waals surface area contributed by atoms with Gasteiger partial charge in [0.2, 0.25) is 14.3 Å². The summed E-state index contributed by atoms with van der Waals surface area (Å²) in [5, 5.41) is 16.3. The molecule has 0 unspecified atom stereocenters. The van der Waals surface area contributed by atoms with E-state index in [2.05, 4.69) is 10.6 Å². The Morgan fingerprint density at radius 3 is 2.05 bits per heavy atom. The van der Waals surface area contributed by atoms with Crippen molar-refractivity contribution in [2.75, 3.05) is 22.1 Å². The maximum atomic E-state index is 16.8. The van der Waals surface area contributed by atoms with Crippen molar-refractivity contribution in [1.29, 1.82) is 0 Å². The molecule has 5 atom stereocenters. The van der Waals surface area contributed by atoms with Gasteiger partial charge in [0.05, 0.1) is 37.4 Å². The molecule has 5 aromatic rings. The number of benzene rings is 5. The van der Waals surface area contributed by atoms with E-state index in [9.17, 15) is 19.5 Å². The molecule has 4 amide bonds. The molecule has 12 heteroatoms. The minimum Gasteiger partial charge on any atom is -0.394 e. The number of amides is 4. The minimum absolute atomic E-state index is 0.102. The molecule has 0 radical (unpaired) electrons. The molecule has 3 N–H and O–H groups in total. The summed E-state index contributed by atoms with van der Waals surface area (Å²) in [6.45, 7) is 5.19. The number of halogens is 1. The lowest BCUT2D eigenvalue weighted by Crippen LogP contribution is -2.48. The van der Waals surface area contributed by atoms with Gasteiger partial charge in [0.1, 0.15) is 0 Å². The molecule has 59 heavy (non-hydrogen) atoms. The van der Waals surface area contributed by atoms with Crippen LogP contribution in [0.3, 0.4) is 0 Å². The van der Waals surface area contributed by atoms with Crippen LogP contribution < -0.4 is 15.5 Å². The third-order valence-electron chi connectivity index (χ3n) is 12.1. The van der Waals surface area contributed by atoms with Crippen LogP contribution in [0.4, 0.5) is 21.2 Å². The van der Waals surface area contributed by atoms with Crippen molar-refractivity contribution in [3.05, 3.63) is 161 Å². The van der Waals surface area contributed by atoms with Crippen LogP contribution in [0.15, 0.2) is 127 Å². The van der Waals surface area contributed by atoms with Crippen LogP contribution >= 0.6 is 0 Å². The fraction of sp³-hybridized carbons (Fsp3) is 0.277. The molecule has 0 saturated carbocycles. The van der Waals surface area contributed by atoms with Gasteiger partial charge in [-0.3, -0.25) is 19.2 Å². The van der Waals surface area contributed by atoms with E-state index in [0.29, 0.717) is 46.7 Å². The molecule has 3 aliphatic heterocycles. The Kier molecular flexibility index (Phi) is 10.8. The molecule has 0 aliphatic carbocycles. The maximum Gasteiger partial charge on any atom is 0.264 e. The molecule has 5 aromatic carbocycles. The van der Waals surface area contributed by atoms with Gasteiger partial charge in [-0.1, -0.05) is 79.7 Å². The highest BCUT2D eigenvalue weighted by Crippen LogP contribution is 2.60. The first-order chi connectivity index (χ1) is 28.4. The van der Waals surface area contributed by atoms with Crippen molar-refractivity contribution < 1.29 is 33.1 Å². The Morgan fingerprint density at radius 1 is 0.814 bits per heavy atom. The quantitative estimate of drug-likeness (QED) is 0.0975. The molecule has 8 rings (SSSR count). The lowest BCUT2D eigenvalue weighted by atomic mass is 9.82. The summed E-state index contributed by atoms with van der Waals surface area (Å²) in [5.41, 5.74) is 3.30. The van der Waals surface area contributed by atoms with Crippen LogP contribution in [0.5, 0.6) is 0 Å². The number of carbonyl (C=O) groups excluding carboxylic acids is 4. The van der Waals surface area contributed by atoms with E-state index in [0.717, 1.165) is 16.7 Å². The van der Waals surface area contributed by atoms with Crippen molar-refractivity contribution in [3.63, 3.8) is 0 Å². The van der Waals surface area contributed by atoms with Gasteiger partial charge in [0.15, 0.2) is 5.60 Å². The van der Waals surface area contributed by atoms with E-state index in [4.69, 9.17) is 4.74 Å². The number of anilines is 3. The van der Waals surface area contributed by atoms with Gasteiger partial charge in [0.25, 0.3) is 17.7 Å². The zero-order valence-corrected chi connectivity index (χ0v) is 34.2. The average Bonchev–Trinajstić information content (AvgIpc) is 3.66. The number of hydrogen-bond donors (Lipinski definition) is 3. The summed E-state index contributed by atoms with van der Waals surface area (Å²) in [4.78, 5) is 59.2. The first-order valence-electron chi connectivity index (χ1n) is 20.0. The standard InChI is InChI=1S/C47H47FN4O6Si/c1-30-43(59(2,3)48)41(26-42(54)51-28-35-19-11-10-18-34(35)24-38(51)29-53)58-47(30)39-25-37(50-45(56)33-16-8-5-9-17-33)21-22-40(39)52(46(47)57)27-31-13-12-20-36(23-31)49-44(55)32-14-6-4-7-15-32/h4-23,25,30,38,41,43,53H,24,26-29H2,1-3H3,(H,49,55)(H,50,56)/t30-,38-,41+,43-,47+/m0/s1. The summed E-state index contributed by atoms with van der Waals surface area (Å²) in [5.74, 6) is -1.99. The Bertz CT molecular complexity index is 2410. The molecule has 10 nitrogen and oxygen atoms in total. The zero-order valence-electron chi connectivity index (χ0n) is 33.2. The number of nitrogens with one attached hydrogen (secondary N) is 2. The predicted molar refractivity (Wildman–Crippen MR) is 227 cm³/mol. The second kappa shape index (κ2) is 16.0. The molecule has 1 fully saturated rings. The second-order valence-corrected chi connectivity index (χ2v) is 20.1. The largest absolute Gasteiger partial charge is 0.394 e. The van der Waals surface area contributed by atoms with Gasteiger partial charge in [0, 0.05) is 46.1 Å². The van der Waals surface area contributed by atoms with E-state index in [-0.39, 0.29) is 37.3 Å². The third-order valence-corrected chi connectivity index (χ3v) is 14.5. The maximum absolute atomic E-state index is 16.8. The lowest BCUT2D eigenvalue weighted by molar-refractivity contribution is -0.151. The summed E-state index contributed by atoms with van der Waals surface area (Å²) < 4.78 is 23.8. The Hall–Kier alpha value is -5.95. The number of ether oxygens (including phenoxy) is 1. The van der Waals surface area contributed by atoms with Crippen molar-refractivity contribution in [3.8, 4) is 0 Å². The lowest BCUT2D eigenvalue weighted by Gasteiger charge is -2.37. The fourth-order valence-corrected chi connectivity index (χ4v) is 11.8. The minimum atomic E-state index is -3.65. The molecule has 0 aromatic heterocycles. The summed E-state index contributed by atoms with van der Waals surface area (Å²) >= 11 is 0. The van der Waals surface area contributed by atoms with E-state index in [1.54, 1.807) is 102 Å². The van der Waals surface area contributed by atoms with Crippen LogP contribution in [0.1, 0.15) is 56.3 Å². The second-order valence-electron chi connectivity index (χ2n) is 16.3. The average molecular weight is 811 g/mol. The van der Waals surface area contributed by atoms with E-state index in [1.807, 2.05) is 55.5 Å². The zero-order chi connectivity index (χ0) is 41.5. The van der Waals surface area contributed by atoms with Gasteiger partial charge in [-0.15, -0.1) is 0 Å². The Balaban J connectivity index is 1.14. The highest BCUT2D eigenvalue weighted by Gasteiger charge is 2.67. The van der Waals surface area contributed by atoms with Crippen molar-refractivity contribution in [1.82, 2.24) is 4.90 Å². The van der Waals surface area contributed by atoms with E-state index in [1.165, 1.54) is 0 Å². The van der Waals surface area contributed by atoms with Gasteiger partial charge < -0.3 is 34.4 Å². The van der Waals surface area contributed by atoms with Gasteiger partial charge in [-0.2, -0.15) is 0 Å². The Morgan fingerprint density at radius 2 is 1.42 bits per heavy atom. The first kappa shape index (κ1) is 39.9. The molecule has 302 valence electrons. The molecule has 1 spiro atoms. The molecular formula is C47H47FN4O6Si. The number of carbonyl (C=O) groups is 4. The number of aliphatic hydroxyl groups is 1. The van der Waals surface area contributed by atoms with E-state index >= 15 is 8.90 Å². The molecular weight excluding hydrogens is 764 g/mol. The van der Waals surface area contributed by atoms with Gasteiger partial charge in [-0.25, -0.2) is 0 Å². The first-order valence-corrected chi connectivity index (χ1v) is 22.9. The van der Waals surface area contributed by atoms with Crippen LogP contribution in [0.25, 0.3) is 0 Å². The summed E-state index contributed by atoms with van der Waals surface area (Å²) in [6, 6.07) is 37.5. The van der Waals surface area contributed by atoms with Crippen molar-refractivity contribution >= 4 is 49.1 Å². The third kappa shape index (κ3) is 7.59.